The summed E-state index contributed by atoms with van der Waals surface area (Å²) in [6, 6.07) is 16.1. The second-order valence-corrected chi connectivity index (χ2v) is 4.85. The highest BCUT2D eigenvalue weighted by molar-refractivity contribution is 7.81. The van der Waals surface area contributed by atoms with E-state index in [2.05, 4.69) is 17.0 Å². The Morgan fingerprint density at radius 2 is 1.71 bits per heavy atom. The first-order valence-electron chi connectivity index (χ1n) is 5.41. The predicted molar refractivity (Wildman–Crippen MR) is 75.8 cm³/mol. The van der Waals surface area contributed by atoms with Gasteiger partial charge in [-0.25, -0.2) is 0 Å². The third-order valence-corrected chi connectivity index (χ3v) is 3.65. The van der Waals surface area contributed by atoms with Gasteiger partial charge in [-0.2, -0.15) is 0 Å². The molecule has 17 heavy (non-hydrogen) atoms. The van der Waals surface area contributed by atoms with E-state index in [0.717, 1.165) is 27.8 Å². The first-order valence-corrected chi connectivity index (χ1v) is 6.20. The van der Waals surface area contributed by atoms with Crippen molar-refractivity contribution < 1.29 is 0 Å². The number of thiocarbonyl (C=S) groups is 1. The molecule has 1 aliphatic rings. The van der Waals surface area contributed by atoms with Crippen molar-refractivity contribution in [2.75, 3.05) is 4.90 Å². The van der Waals surface area contributed by atoms with Crippen LogP contribution in [-0.2, 0) is 6.54 Å². The molecule has 3 heteroatoms. The number of nitrogens with zero attached hydrogens (tertiary/aromatic N) is 1. The van der Waals surface area contributed by atoms with Crippen LogP contribution in [0, 0.1) is 0 Å². The summed E-state index contributed by atoms with van der Waals surface area (Å²) in [5.74, 6) is 0. The molecular weight excluding hydrogens is 250 g/mol. The zero-order valence-electron chi connectivity index (χ0n) is 9.06. The van der Waals surface area contributed by atoms with E-state index in [4.69, 9.17) is 23.8 Å². The molecule has 0 atom stereocenters. The molecule has 3 rings (SSSR count). The van der Waals surface area contributed by atoms with Gasteiger partial charge in [-0.15, -0.1) is 0 Å². The zero-order chi connectivity index (χ0) is 11.8. The summed E-state index contributed by atoms with van der Waals surface area (Å²) < 4.78 is 0. The average Bonchev–Trinajstić information content (AvgIpc) is 2.69. The topological polar surface area (TPSA) is 3.24 Å². The molecule has 1 aliphatic heterocycles. The van der Waals surface area contributed by atoms with Gasteiger partial charge in [0.1, 0.15) is 4.99 Å². The molecule has 0 N–H and O–H groups in total. The number of benzene rings is 2. The van der Waals surface area contributed by atoms with Crippen LogP contribution in [0.4, 0.5) is 5.69 Å². The summed E-state index contributed by atoms with van der Waals surface area (Å²) >= 11 is 11.4. The Labute approximate surface area is 111 Å². The first-order chi connectivity index (χ1) is 8.25. The van der Waals surface area contributed by atoms with E-state index in [1.165, 1.54) is 5.56 Å². The number of anilines is 1. The fourth-order valence-electron chi connectivity index (χ4n) is 2.08. The lowest BCUT2D eigenvalue weighted by Crippen LogP contribution is -2.21. The van der Waals surface area contributed by atoms with E-state index in [-0.39, 0.29) is 0 Å². The van der Waals surface area contributed by atoms with Crippen LogP contribution in [0.5, 0.6) is 0 Å². The molecule has 0 amide bonds. The molecule has 0 saturated heterocycles. The molecule has 0 bridgehead atoms. The third kappa shape index (κ3) is 1.84. The van der Waals surface area contributed by atoms with Gasteiger partial charge in [0.15, 0.2) is 0 Å². The van der Waals surface area contributed by atoms with Crippen molar-refractivity contribution >= 4 is 34.5 Å². The summed E-state index contributed by atoms with van der Waals surface area (Å²) in [6.45, 7) is 0.844. The van der Waals surface area contributed by atoms with E-state index in [1.54, 1.807) is 0 Å². The molecule has 0 fully saturated rings. The highest BCUT2D eigenvalue weighted by Crippen LogP contribution is 2.29. The van der Waals surface area contributed by atoms with Crippen LogP contribution in [0.2, 0.25) is 5.02 Å². The van der Waals surface area contributed by atoms with Crippen molar-refractivity contribution in [2.45, 2.75) is 6.54 Å². The summed E-state index contributed by atoms with van der Waals surface area (Å²) in [5, 5.41) is 0.747. The van der Waals surface area contributed by atoms with Crippen LogP contribution in [0.25, 0.3) is 0 Å². The molecular formula is C14H10ClNS. The molecule has 0 unspecified atom stereocenters. The molecule has 2 aromatic rings. The maximum atomic E-state index is 5.89. The third-order valence-electron chi connectivity index (χ3n) is 2.96. The molecule has 0 aromatic heterocycles. The maximum absolute atomic E-state index is 5.89. The average molecular weight is 260 g/mol. The molecule has 0 saturated carbocycles. The largest absolute Gasteiger partial charge is 0.328 e. The number of hydrogen-bond acceptors (Lipinski definition) is 1. The van der Waals surface area contributed by atoms with Gasteiger partial charge in [-0.1, -0.05) is 48.1 Å². The minimum absolute atomic E-state index is 0.747. The summed E-state index contributed by atoms with van der Waals surface area (Å²) in [7, 11) is 0. The molecule has 84 valence electrons. The van der Waals surface area contributed by atoms with Gasteiger partial charge < -0.3 is 4.90 Å². The van der Waals surface area contributed by atoms with Crippen molar-refractivity contribution in [1.29, 1.82) is 0 Å². The Morgan fingerprint density at radius 3 is 2.41 bits per heavy atom. The monoisotopic (exact) mass is 259 g/mol. The van der Waals surface area contributed by atoms with Crippen molar-refractivity contribution in [1.82, 2.24) is 0 Å². The second-order valence-electron chi connectivity index (χ2n) is 4.02. The Hall–Kier alpha value is -1.38. The van der Waals surface area contributed by atoms with Crippen LogP contribution in [0.1, 0.15) is 11.1 Å². The number of rotatable bonds is 1. The number of fused-ring (bicyclic) bond motifs is 1. The Bertz CT molecular complexity index is 577. The lowest BCUT2D eigenvalue weighted by atomic mass is 10.1. The summed E-state index contributed by atoms with van der Waals surface area (Å²) in [5.41, 5.74) is 3.54. The van der Waals surface area contributed by atoms with Crippen LogP contribution >= 0.6 is 23.8 Å². The van der Waals surface area contributed by atoms with Crippen LogP contribution in [0.15, 0.2) is 48.5 Å². The van der Waals surface area contributed by atoms with Crippen molar-refractivity contribution in [3.8, 4) is 0 Å². The van der Waals surface area contributed by atoms with E-state index in [1.807, 2.05) is 36.4 Å². The highest BCUT2D eigenvalue weighted by atomic mass is 35.5. The van der Waals surface area contributed by atoms with E-state index < -0.39 is 0 Å². The van der Waals surface area contributed by atoms with E-state index >= 15 is 0 Å². The van der Waals surface area contributed by atoms with Gasteiger partial charge in [-0.3, -0.25) is 0 Å². The summed E-state index contributed by atoms with van der Waals surface area (Å²) in [6.07, 6.45) is 0. The fourth-order valence-corrected chi connectivity index (χ4v) is 2.58. The number of hydrogen-bond donors (Lipinski definition) is 0. The van der Waals surface area contributed by atoms with Gasteiger partial charge in [0.05, 0.1) is 0 Å². The lowest BCUT2D eigenvalue weighted by Gasteiger charge is -2.17. The van der Waals surface area contributed by atoms with Crippen LogP contribution in [0.3, 0.4) is 0 Å². The Kier molecular flexibility index (Phi) is 2.61. The molecule has 1 heterocycles. The first kappa shape index (κ1) is 10.8. The lowest BCUT2D eigenvalue weighted by molar-refractivity contribution is 1.06. The predicted octanol–water partition coefficient (Wildman–Crippen LogP) is 4.04. The van der Waals surface area contributed by atoms with Gasteiger partial charge >= 0.3 is 0 Å². The van der Waals surface area contributed by atoms with Gasteiger partial charge in [0.25, 0.3) is 0 Å². The minimum atomic E-state index is 0.747. The second kappa shape index (κ2) is 4.13. The van der Waals surface area contributed by atoms with Crippen molar-refractivity contribution in [3.05, 3.63) is 64.7 Å². The number of halogens is 1. The van der Waals surface area contributed by atoms with Crippen LogP contribution in [-0.4, -0.2) is 4.99 Å². The van der Waals surface area contributed by atoms with Gasteiger partial charge in [0.2, 0.25) is 0 Å². The molecule has 1 nitrogen and oxygen atoms in total. The Morgan fingerprint density at radius 1 is 1.00 bits per heavy atom. The van der Waals surface area contributed by atoms with Crippen molar-refractivity contribution in [3.63, 3.8) is 0 Å². The minimum Gasteiger partial charge on any atom is -0.328 e. The molecule has 0 spiro atoms. The van der Waals surface area contributed by atoms with Gasteiger partial charge in [-0.05, 0) is 29.8 Å². The quantitative estimate of drug-likeness (QED) is 0.711. The fraction of sp³-hybridized carbons (Fsp3) is 0.0714. The van der Waals surface area contributed by atoms with E-state index in [0.29, 0.717) is 0 Å². The van der Waals surface area contributed by atoms with E-state index in [9.17, 15) is 0 Å². The summed E-state index contributed by atoms with van der Waals surface area (Å²) in [4.78, 5) is 3.03. The van der Waals surface area contributed by atoms with Crippen LogP contribution < -0.4 is 4.90 Å². The Balaban J connectivity index is 1.99. The SMILES string of the molecule is S=C1c2ccccc2CN1c1ccc(Cl)cc1. The van der Waals surface area contributed by atoms with Crippen molar-refractivity contribution in [2.24, 2.45) is 0 Å². The maximum Gasteiger partial charge on any atom is 0.114 e. The normalized spacial score (nSPS) is 13.9. The molecule has 0 radical (unpaired) electrons. The smallest absolute Gasteiger partial charge is 0.114 e. The zero-order valence-corrected chi connectivity index (χ0v) is 10.6. The molecule has 0 aliphatic carbocycles. The standard InChI is InChI=1S/C14H10ClNS/c15-11-5-7-12(8-6-11)16-9-10-3-1-2-4-13(10)14(16)17/h1-8H,9H2. The van der Waals surface area contributed by atoms with Gasteiger partial charge in [0, 0.05) is 22.8 Å². The molecule has 2 aromatic carbocycles. The highest BCUT2D eigenvalue weighted by Gasteiger charge is 2.24.